The van der Waals surface area contributed by atoms with Crippen molar-refractivity contribution in [3.63, 3.8) is 0 Å². The number of aromatic nitrogens is 3. The molecule has 0 atom stereocenters. The summed E-state index contributed by atoms with van der Waals surface area (Å²) in [4.78, 5) is 0. The minimum absolute atomic E-state index is 0.550. The quantitative estimate of drug-likeness (QED) is 0.699. The highest BCUT2D eigenvalue weighted by Gasteiger charge is 2.07. The van der Waals surface area contributed by atoms with Gasteiger partial charge in [-0.05, 0) is 13.3 Å². The van der Waals surface area contributed by atoms with E-state index in [1.165, 1.54) is 0 Å². The highest BCUT2D eigenvalue weighted by molar-refractivity contribution is 6.29. The molecule has 3 nitrogen and oxygen atoms in total. The Morgan fingerprint density at radius 3 is 2.73 bits per heavy atom. The van der Waals surface area contributed by atoms with E-state index in [-0.39, 0.29) is 0 Å². The molecular weight excluding hydrogens is 162 g/mol. The topological polar surface area (TPSA) is 30.7 Å². The van der Waals surface area contributed by atoms with Crippen LogP contribution in [-0.4, -0.2) is 15.0 Å². The Kier molecular flexibility index (Phi) is 2.88. The standard InChI is InChI=1S/C7H12ClN3/c1-3-5-6-7(8)9-10-11(6)4-2/h3-5H2,1-2H3. The van der Waals surface area contributed by atoms with E-state index >= 15 is 0 Å². The summed E-state index contributed by atoms with van der Waals surface area (Å²) >= 11 is 5.81. The van der Waals surface area contributed by atoms with Crippen molar-refractivity contribution < 1.29 is 0 Å². The van der Waals surface area contributed by atoms with E-state index in [1.54, 1.807) is 0 Å². The van der Waals surface area contributed by atoms with Crippen LogP contribution in [0.1, 0.15) is 26.0 Å². The molecule has 0 radical (unpaired) electrons. The van der Waals surface area contributed by atoms with Crippen LogP contribution in [0.15, 0.2) is 0 Å². The van der Waals surface area contributed by atoms with Crippen molar-refractivity contribution in [2.75, 3.05) is 0 Å². The van der Waals surface area contributed by atoms with E-state index in [0.717, 1.165) is 25.1 Å². The van der Waals surface area contributed by atoms with Gasteiger partial charge in [0.05, 0.1) is 5.69 Å². The summed E-state index contributed by atoms with van der Waals surface area (Å²) in [5.74, 6) is 0. The summed E-state index contributed by atoms with van der Waals surface area (Å²) < 4.78 is 1.84. The van der Waals surface area contributed by atoms with E-state index < -0.39 is 0 Å². The number of hydrogen-bond donors (Lipinski definition) is 0. The zero-order valence-electron chi connectivity index (χ0n) is 6.84. The maximum absolute atomic E-state index is 5.81. The average Bonchev–Trinajstić information content (AvgIpc) is 2.34. The van der Waals surface area contributed by atoms with Crippen LogP contribution >= 0.6 is 11.6 Å². The summed E-state index contributed by atoms with van der Waals surface area (Å²) in [5, 5.41) is 8.22. The van der Waals surface area contributed by atoms with Gasteiger partial charge in [0.25, 0.3) is 0 Å². The second kappa shape index (κ2) is 3.72. The third kappa shape index (κ3) is 1.71. The highest BCUT2D eigenvalue weighted by Crippen LogP contribution is 2.13. The molecule has 1 aromatic heterocycles. The molecule has 0 unspecified atom stereocenters. The Labute approximate surface area is 71.4 Å². The van der Waals surface area contributed by atoms with E-state index in [1.807, 2.05) is 11.6 Å². The van der Waals surface area contributed by atoms with E-state index in [9.17, 15) is 0 Å². The minimum Gasteiger partial charge on any atom is -0.248 e. The zero-order valence-corrected chi connectivity index (χ0v) is 7.60. The molecule has 11 heavy (non-hydrogen) atoms. The predicted molar refractivity (Wildman–Crippen MR) is 44.7 cm³/mol. The summed E-state index contributed by atoms with van der Waals surface area (Å²) in [6, 6.07) is 0. The van der Waals surface area contributed by atoms with Gasteiger partial charge in [-0.2, -0.15) is 0 Å². The van der Waals surface area contributed by atoms with Gasteiger partial charge in [0, 0.05) is 6.54 Å². The van der Waals surface area contributed by atoms with Gasteiger partial charge < -0.3 is 0 Å². The Balaban J connectivity index is 2.88. The number of hydrogen-bond acceptors (Lipinski definition) is 2. The SMILES string of the molecule is CCCc1c(Cl)nnn1CC. The fourth-order valence-electron chi connectivity index (χ4n) is 1.03. The number of aryl methyl sites for hydroxylation is 1. The fourth-order valence-corrected chi connectivity index (χ4v) is 1.26. The molecule has 0 bridgehead atoms. The molecule has 1 rings (SSSR count). The lowest BCUT2D eigenvalue weighted by atomic mass is 10.3. The van der Waals surface area contributed by atoms with Crippen LogP contribution in [-0.2, 0) is 13.0 Å². The van der Waals surface area contributed by atoms with E-state index in [4.69, 9.17) is 11.6 Å². The number of nitrogens with zero attached hydrogens (tertiary/aromatic N) is 3. The monoisotopic (exact) mass is 173 g/mol. The van der Waals surface area contributed by atoms with Crippen LogP contribution in [0.2, 0.25) is 5.15 Å². The lowest BCUT2D eigenvalue weighted by Gasteiger charge is -1.99. The largest absolute Gasteiger partial charge is 0.248 e. The van der Waals surface area contributed by atoms with Gasteiger partial charge in [-0.3, -0.25) is 0 Å². The summed E-state index contributed by atoms with van der Waals surface area (Å²) in [5.41, 5.74) is 1.05. The molecule has 4 heteroatoms. The third-order valence-electron chi connectivity index (χ3n) is 1.58. The molecule has 0 aliphatic carbocycles. The maximum atomic E-state index is 5.81. The minimum atomic E-state index is 0.550. The molecule has 0 spiro atoms. The van der Waals surface area contributed by atoms with Crippen molar-refractivity contribution in [2.24, 2.45) is 0 Å². The molecule has 1 aromatic rings. The smallest absolute Gasteiger partial charge is 0.174 e. The first kappa shape index (κ1) is 8.53. The molecule has 1 heterocycles. The third-order valence-corrected chi connectivity index (χ3v) is 1.87. The first-order valence-electron chi connectivity index (χ1n) is 3.87. The van der Waals surface area contributed by atoms with E-state index in [2.05, 4.69) is 17.2 Å². The molecule has 0 aliphatic rings. The van der Waals surface area contributed by atoms with Gasteiger partial charge in [-0.25, -0.2) is 4.68 Å². The second-order valence-electron chi connectivity index (χ2n) is 2.39. The van der Waals surface area contributed by atoms with Crippen molar-refractivity contribution in [3.8, 4) is 0 Å². The molecule has 0 N–H and O–H groups in total. The Morgan fingerprint density at radius 2 is 2.18 bits per heavy atom. The van der Waals surface area contributed by atoms with Crippen molar-refractivity contribution in [1.29, 1.82) is 0 Å². The lowest BCUT2D eigenvalue weighted by Crippen LogP contribution is -2.02. The summed E-state index contributed by atoms with van der Waals surface area (Å²) in [7, 11) is 0. The molecule has 0 saturated carbocycles. The summed E-state index contributed by atoms with van der Waals surface area (Å²) in [6.07, 6.45) is 2.03. The van der Waals surface area contributed by atoms with Crippen LogP contribution in [0.25, 0.3) is 0 Å². The zero-order chi connectivity index (χ0) is 8.27. The van der Waals surface area contributed by atoms with Crippen LogP contribution in [0, 0.1) is 0 Å². The van der Waals surface area contributed by atoms with Crippen molar-refractivity contribution >= 4 is 11.6 Å². The first-order chi connectivity index (χ1) is 5.29. The van der Waals surface area contributed by atoms with Gasteiger partial charge in [-0.15, -0.1) is 5.10 Å². The van der Waals surface area contributed by atoms with Gasteiger partial charge in [0.15, 0.2) is 5.15 Å². The first-order valence-corrected chi connectivity index (χ1v) is 4.25. The van der Waals surface area contributed by atoms with Crippen LogP contribution in [0.5, 0.6) is 0 Å². The average molecular weight is 174 g/mol. The molecule has 0 amide bonds. The van der Waals surface area contributed by atoms with E-state index in [0.29, 0.717) is 5.15 Å². The predicted octanol–water partition coefficient (Wildman–Crippen LogP) is 1.90. The summed E-state index contributed by atoms with van der Waals surface area (Å²) in [6.45, 7) is 4.99. The van der Waals surface area contributed by atoms with Crippen LogP contribution < -0.4 is 0 Å². The molecule has 0 fully saturated rings. The van der Waals surface area contributed by atoms with Gasteiger partial charge in [0.2, 0.25) is 0 Å². The Hall–Kier alpha value is -0.570. The molecule has 0 saturated heterocycles. The molecule has 0 aromatic carbocycles. The number of rotatable bonds is 3. The maximum Gasteiger partial charge on any atom is 0.174 e. The molecule has 62 valence electrons. The van der Waals surface area contributed by atoms with Crippen molar-refractivity contribution in [3.05, 3.63) is 10.8 Å². The fraction of sp³-hybridized carbons (Fsp3) is 0.714. The molecule has 0 aliphatic heterocycles. The van der Waals surface area contributed by atoms with Crippen molar-refractivity contribution in [1.82, 2.24) is 15.0 Å². The van der Waals surface area contributed by atoms with Gasteiger partial charge >= 0.3 is 0 Å². The van der Waals surface area contributed by atoms with Crippen molar-refractivity contribution in [2.45, 2.75) is 33.2 Å². The Morgan fingerprint density at radius 1 is 1.45 bits per heavy atom. The van der Waals surface area contributed by atoms with Crippen LogP contribution in [0.3, 0.4) is 0 Å². The molecular formula is C7H12ClN3. The van der Waals surface area contributed by atoms with Gasteiger partial charge in [0.1, 0.15) is 0 Å². The normalized spacial score (nSPS) is 10.5. The highest BCUT2D eigenvalue weighted by atomic mass is 35.5. The van der Waals surface area contributed by atoms with Gasteiger partial charge in [-0.1, -0.05) is 30.2 Å². The Bertz CT molecular complexity index is 232. The number of halogens is 1. The lowest BCUT2D eigenvalue weighted by molar-refractivity contribution is 0.593. The van der Waals surface area contributed by atoms with Crippen LogP contribution in [0.4, 0.5) is 0 Å². The second-order valence-corrected chi connectivity index (χ2v) is 2.75.